The standard InChI is InChI=1S/C46H39Cl4N13O4/c1-27-22-60(24-55-27)30-9-11-31(12-10-30)61(46-54-21-33-42(58-46)67-26-63(44(33)65)40-36(49)6-3-7-37(40)50)23-52-19-28-18-29(8-13-38(28)59-16-14-51-15-17-59)56-45-53-20-32-41(57-45)66-25-62(43(32)64)39-34(47)4-2-5-35(39)48/h2-13,18,20-22,24,51-52H,14-17,19,23,25-26H2,1H3,(H,53,56,57). The van der Waals surface area contributed by atoms with E-state index in [1.54, 1.807) is 42.7 Å². The van der Waals surface area contributed by atoms with Gasteiger partial charge in [-0.25, -0.2) is 15.0 Å². The molecule has 340 valence electrons. The van der Waals surface area contributed by atoms with E-state index in [9.17, 15) is 9.59 Å². The topological polar surface area (TPSA) is 171 Å². The fraction of sp³-hybridized carbons (Fsp3) is 0.196. The number of piperazine rings is 1. The van der Waals surface area contributed by atoms with Crippen molar-refractivity contribution in [3.63, 3.8) is 0 Å². The molecular formula is C46H39Cl4N13O4. The van der Waals surface area contributed by atoms with E-state index in [2.05, 4.69) is 41.9 Å². The van der Waals surface area contributed by atoms with Crippen LogP contribution in [0.25, 0.3) is 5.69 Å². The predicted octanol–water partition coefficient (Wildman–Crippen LogP) is 8.41. The summed E-state index contributed by atoms with van der Waals surface area (Å²) in [5.74, 6) is 0.0295. The average molecular weight is 980 g/mol. The van der Waals surface area contributed by atoms with Gasteiger partial charge in [0.1, 0.15) is 11.1 Å². The van der Waals surface area contributed by atoms with E-state index in [-0.39, 0.29) is 54.9 Å². The molecule has 2 amide bonds. The number of anilines is 7. The Morgan fingerprint density at radius 1 is 0.746 bits per heavy atom. The van der Waals surface area contributed by atoms with Crippen molar-refractivity contribution in [1.29, 1.82) is 0 Å². The number of ether oxygens (including phenoxy) is 2. The van der Waals surface area contributed by atoms with Crippen LogP contribution in [0.15, 0.2) is 104 Å². The van der Waals surface area contributed by atoms with Gasteiger partial charge in [0.15, 0.2) is 13.5 Å². The first-order chi connectivity index (χ1) is 32.6. The Bertz CT molecular complexity index is 2980. The van der Waals surface area contributed by atoms with Crippen molar-refractivity contribution in [2.75, 3.05) is 71.2 Å². The molecule has 7 aromatic rings. The minimum atomic E-state index is -0.395. The summed E-state index contributed by atoms with van der Waals surface area (Å²) >= 11 is 25.8. The first-order valence-corrected chi connectivity index (χ1v) is 22.6. The van der Waals surface area contributed by atoms with E-state index >= 15 is 0 Å². The number of halogens is 4. The van der Waals surface area contributed by atoms with Crippen molar-refractivity contribution < 1.29 is 19.1 Å². The van der Waals surface area contributed by atoms with Crippen LogP contribution in [0.4, 0.5) is 40.3 Å². The molecule has 3 aliphatic rings. The Labute approximate surface area is 404 Å². The molecule has 0 atom stereocenters. The number of hydrogen-bond donors (Lipinski definition) is 3. The molecule has 21 heteroatoms. The van der Waals surface area contributed by atoms with Crippen LogP contribution >= 0.6 is 46.4 Å². The van der Waals surface area contributed by atoms with Crippen LogP contribution in [0.1, 0.15) is 32.0 Å². The number of carbonyl (C=O) groups excluding carboxylic acids is 2. The van der Waals surface area contributed by atoms with Gasteiger partial charge in [-0.3, -0.25) is 29.6 Å². The molecule has 0 saturated carbocycles. The fourth-order valence-electron chi connectivity index (χ4n) is 8.01. The maximum atomic E-state index is 13.8. The number of rotatable bonds is 12. The third-order valence-corrected chi connectivity index (χ3v) is 12.5. The van der Waals surface area contributed by atoms with Crippen molar-refractivity contribution in [2.24, 2.45) is 0 Å². The molecule has 3 N–H and O–H groups in total. The molecule has 1 saturated heterocycles. The molecule has 0 bridgehead atoms. The highest BCUT2D eigenvalue weighted by Gasteiger charge is 2.33. The van der Waals surface area contributed by atoms with E-state index in [1.165, 1.54) is 22.2 Å². The summed E-state index contributed by atoms with van der Waals surface area (Å²) in [6, 6.07) is 24.0. The van der Waals surface area contributed by atoms with Gasteiger partial charge < -0.3 is 29.6 Å². The summed E-state index contributed by atoms with van der Waals surface area (Å²) in [6.07, 6.45) is 6.60. The highest BCUT2D eigenvalue weighted by Crippen LogP contribution is 2.39. The van der Waals surface area contributed by atoms with Crippen LogP contribution in [0.2, 0.25) is 20.1 Å². The van der Waals surface area contributed by atoms with Crippen LogP contribution in [0.5, 0.6) is 11.8 Å². The summed E-state index contributed by atoms with van der Waals surface area (Å²) in [5.41, 5.74) is 6.41. The number of para-hydroxylation sites is 2. The van der Waals surface area contributed by atoms with Crippen LogP contribution < -0.4 is 45.0 Å². The van der Waals surface area contributed by atoms with Gasteiger partial charge in [-0.2, -0.15) is 9.97 Å². The summed E-state index contributed by atoms with van der Waals surface area (Å²) in [4.78, 5) is 57.2. The molecule has 4 aromatic carbocycles. The van der Waals surface area contributed by atoms with Crippen molar-refractivity contribution in [2.45, 2.75) is 13.5 Å². The number of nitrogens with one attached hydrogen (secondary N) is 3. The average Bonchev–Trinajstić information content (AvgIpc) is 3.78. The molecule has 3 aromatic heterocycles. The quantitative estimate of drug-likeness (QED) is 0.0998. The Balaban J connectivity index is 0.914. The molecule has 10 rings (SSSR count). The Kier molecular flexibility index (Phi) is 12.4. The van der Waals surface area contributed by atoms with E-state index in [0.717, 1.165) is 60.2 Å². The van der Waals surface area contributed by atoms with E-state index in [1.807, 2.05) is 59.0 Å². The predicted molar refractivity (Wildman–Crippen MR) is 259 cm³/mol. The lowest BCUT2D eigenvalue weighted by atomic mass is 10.1. The van der Waals surface area contributed by atoms with Gasteiger partial charge in [0.05, 0.1) is 50.2 Å². The molecule has 0 spiro atoms. The van der Waals surface area contributed by atoms with Gasteiger partial charge in [-0.1, -0.05) is 58.5 Å². The lowest BCUT2D eigenvalue weighted by molar-refractivity contribution is 0.0924. The first kappa shape index (κ1) is 44.1. The zero-order valence-electron chi connectivity index (χ0n) is 35.6. The smallest absolute Gasteiger partial charge is 0.268 e. The summed E-state index contributed by atoms with van der Waals surface area (Å²) in [5, 5.41) is 11.6. The third-order valence-electron chi connectivity index (χ3n) is 11.3. The molecule has 0 unspecified atom stereocenters. The number of carbonyl (C=O) groups is 2. The van der Waals surface area contributed by atoms with Gasteiger partial charge in [0, 0.05) is 74.1 Å². The molecule has 0 aliphatic carbocycles. The van der Waals surface area contributed by atoms with Crippen molar-refractivity contribution in [1.82, 2.24) is 40.1 Å². The second kappa shape index (κ2) is 18.9. The molecule has 0 radical (unpaired) electrons. The summed E-state index contributed by atoms with van der Waals surface area (Å²) in [7, 11) is 0. The number of aromatic nitrogens is 6. The minimum Gasteiger partial charge on any atom is -0.455 e. The number of hydrogen-bond acceptors (Lipinski definition) is 14. The van der Waals surface area contributed by atoms with Gasteiger partial charge in [0.25, 0.3) is 11.8 Å². The normalized spacial score (nSPS) is 14.6. The maximum Gasteiger partial charge on any atom is 0.268 e. The molecular weight excluding hydrogens is 940 g/mol. The van der Waals surface area contributed by atoms with E-state index in [4.69, 9.17) is 65.8 Å². The molecule has 6 heterocycles. The lowest BCUT2D eigenvalue weighted by Crippen LogP contribution is -2.44. The number of fused-ring (bicyclic) bond motifs is 2. The number of amides is 2. The van der Waals surface area contributed by atoms with Crippen molar-refractivity contribution in [3.8, 4) is 17.4 Å². The van der Waals surface area contributed by atoms with Gasteiger partial charge in [-0.15, -0.1) is 0 Å². The Morgan fingerprint density at radius 3 is 1.97 bits per heavy atom. The van der Waals surface area contributed by atoms with Crippen LogP contribution in [0, 0.1) is 6.92 Å². The minimum absolute atomic E-state index is 0.131. The number of benzene rings is 4. The van der Waals surface area contributed by atoms with Gasteiger partial charge in [-0.05, 0) is 79.2 Å². The second-order valence-electron chi connectivity index (χ2n) is 15.6. The number of nitrogens with zero attached hydrogens (tertiary/aromatic N) is 10. The summed E-state index contributed by atoms with van der Waals surface area (Å²) in [6.45, 7) is 5.68. The number of aryl methyl sites for hydroxylation is 1. The van der Waals surface area contributed by atoms with Crippen molar-refractivity contribution in [3.05, 3.63) is 146 Å². The lowest BCUT2D eigenvalue weighted by Gasteiger charge is -2.32. The zero-order valence-corrected chi connectivity index (χ0v) is 38.6. The molecule has 3 aliphatic heterocycles. The zero-order chi connectivity index (χ0) is 46.2. The van der Waals surface area contributed by atoms with Crippen LogP contribution in [-0.2, 0) is 6.54 Å². The van der Waals surface area contributed by atoms with Gasteiger partial charge in [0.2, 0.25) is 23.7 Å². The highest BCUT2D eigenvalue weighted by molar-refractivity contribution is 6.41. The second-order valence-corrected chi connectivity index (χ2v) is 17.2. The molecule has 67 heavy (non-hydrogen) atoms. The van der Waals surface area contributed by atoms with E-state index < -0.39 is 5.91 Å². The Morgan fingerprint density at radius 2 is 1.36 bits per heavy atom. The SMILES string of the molecule is Cc1cn(-c2ccc(N(CNCc3cc(Nc4ncc5c(n4)OCN(c4c(Cl)cccc4Cl)C5=O)ccc3N3CCNCC3)c3ncc4c(n3)OCN(c3c(Cl)cccc3Cl)C4=O)cc2)cn1. The van der Waals surface area contributed by atoms with E-state index in [0.29, 0.717) is 44.0 Å². The fourth-order valence-corrected chi connectivity index (χ4v) is 9.21. The van der Waals surface area contributed by atoms with Gasteiger partial charge >= 0.3 is 0 Å². The molecule has 17 nitrogen and oxygen atoms in total. The third kappa shape index (κ3) is 8.96. The monoisotopic (exact) mass is 977 g/mol. The first-order valence-electron chi connectivity index (χ1n) is 21.1. The summed E-state index contributed by atoms with van der Waals surface area (Å²) < 4.78 is 14.0. The van der Waals surface area contributed by atoms with Crippen LogP contribution in [-0.4, -0.2) is 87.6 Å². The van der Waals surface area contributed by atoms with Crippen LogP contribution in [0.3, 0.4) is 0 Å². The van der Waals surface area contributed by atoms with Crippen molar-refractivity contribution >= 4 is 98.6 Å². The Hall–Kier alpha value is -6.73. The maximum absolute atomic E-state index is 13.8. The number of imidazole rings is 1. The largest absolute Gasteiger partial charge is 0.455 e. The highest BCUT2D eigenvalue weighted by atomic mass is 35.5. The molecule has 1 fully saturated rings.